The summed E-state index contributed by atoms with van der Waals surface area (Å²) in [4.78, 5) is 153. The summed E-state index contributed by atoms with van der Waals surface area (Å²) < 4.78 is 38.4. The van der Waals surface area contributed by atoms with Crippen molar-refractivity contribution in [3.8, 4) is 57.1 Å². The minimum Gasteiger partial charge on any atom is -0.508 e. The normalized spacial score (nSPS) is 22.3. The number of hydrogen-bond acceptors (Lipinski definition) is 29. The predicted octanol–water partition coefficient (Wildman–Crippen LogP) is 6.35. The first-order valence-electron chi connectivity index (χ1n) is 42.4. The summed E-state index contributed by atoms with van der Waals surface area (Å²) in [5.41, 5.74) is 1.77. The molecule has 1 fully saturated rings. The summed E-state index contributed by atoms with van der Waals surface area (Å²) >= 11 is 18.3. The van der Waals surface area contributed by atoms with E-state index in [9.17, 15) is 75.3 Å². The van der Waals surface area contributed by atoms with Crippen LogP contribution < -0.4 is 72.5 Å². The smallest absolute Gasteiger partial charge is 0.323 e. The Balaban J connectivity index is 1.07. The number of phenols is 2. The number of benzene rings is 7. The number of amides is 9. The number of nitro groups is 1. The summed E-state index contributed by atoms with van der Waals surface area (Å²) in [6, 6.07) is 12.4. The first-order valence-corrected chi connectivity index (χ1v) is 45.5. The number of nitro benzene ring substituents is 1. The molecular weight excluding hydrogens is 2000 g/mol. The van der Waals surface area contributed by atoms with E-state index < -0.39 is 240 Å². The number of aliphatic imine (C=N–C) groups is 1. The second-order valence-corrected chi connectivity index (χ2v) is 37.3. The fourth-order valence-corrected chi connectivity index (χ4v) is 17.4. The number of likely N-dealkylation sites (N-methyl/N-ethyl adjacent to an activating group) is 1. The standard InChI is InChI=1S/C90H105Cl2I2N13O26/c1-10-11-26-128-77-41(4)16-20-50(72(77)107(126)127)81(118)99-48-15-12-14-43(28-48)38-98-90(6,80(117)42(5)93)37-65(112)132-79-76(116)75(115)63(39-108)131-89(79)133-78-61-32-47-33-62(78)130-60-23-19-46(31-54(60)92)74(114)71-88(125)103-69(84(121)97-24-13-25-106(8)9)52-34-49(109)35-58(110)66(52)51-29-44(17-21-55(51)94)67(85(122)105-71)102-86(123)68(47)101-83(120)57(36-64(95)111)100-87(124)70(104-82(119)56(96-7)27-40(2)3)73(113)45-18-22-59(129-61)53(91)30-45/h12,14-23,28-35,40,42,56-57,63,65,67-70,73-76,79-80,89,96,98,108-110,112-117H,10-11,13,24-27,36-39H2,1-9H3,(H2,95,111)(H,97,121)(H,99,118)(H,100,124)(H,101,120)(H,102,123)(H,103,125)(H,104,119)/t42?,56?,57-,63?,65+,67+,68+,69+,70+,73+,74?,75-,76?,79+,80-,89?,90-/m0/s1. The van der Waals surface area contributed by atoms with Gasteiger partial charge in [0.2, 0.25) is 53.2 Å². The maximum Gasteiger partial charge on any atom is 0.323 e. The molecule has 6 aliphatic heterocycles. The van der Waals surface area contributed by atoms with Crippen LogP contribution in [-0.2, 0) is 54.4 Å². The highest BCUT2D eigenvalue weighted by atomic mass is 127. The van der Waals surface area contributed by atoms with E-state index in [0.29, 0.717) is 30.5 Å². The number of halogens is 4. The zero-order valence-corrected chi connectivity index (χ0v) is 79.3. The van der Waals surface area contributed by atoms with Crippen molar-refractivity contribution in [2.75, 3.05) is 52.8 Å². The summed E-state index contributed by atoms with van der Waals surface area (Å²) in [6.45, 7) is 9.85. The number of aliphatic hydroxyl groups is 7. The van der Waals surface area contributed by atoms with Crippen LogP contribution in [0, 0.1) is 26.5 Å². The molecule has 6 aliphatic rings. The highest BCUT2D eigenvalue weighted by Gasteiger charge is 2.50. The number of anilines is 1. The van der Waals surface area contributed by atoms with Gasteiger partial charge in [-0.3, -0.25) is 53.3 Å². The fraction of sp³-hybridized carbons (Fsp3) is 0.422. The van der Waals surface area contributed by atoms with E-state index in [-0.39, 0.29) is 91.7 Å². The first-order chi connectivity index (χ1) is 63.0. The van der Waals surface area contributed by atoms with E-state index in [1.54, 1.807) is 46.1 Å². The third-order valence-corrected chi connectivity index (χ3v) is 24.8. The molecule has 43 heteroatoms. The maximum absolute atomic E-state index is 16.4. The molecule has 11 bridgehead atoms. The van der Waals surface area contributed by atoms with Gasteiger partial charge in [0.25, 0.3) is 17.7 Å². The molecule has 0 aliphatic carbocycles. The van der Waals surface area contributed by atoms with Crippen molar-refractivity contribution in [3.63, 3.8) is 0 Å². The number of aromatic hydroxyl groups is 2. The van der Waals surface area contributed by atoms with Gasteiger partial charge in [-0.2, -0.15) is 0 Å². The predicted molar refractivity (Wildman–Crippen MR) is 500 cm³/mol. The van der Waals surface area contributed by atoms with Crippen molar-refractivity contribution in [2.45, 2.75) is 188 Å². The van der Waals surface area contributed by atoms with Gasteiger partial charge in [0, 0.05) is 49.9 Å². The number of hydrogen-bond donors (Lipinski definition) is 19. The lowest BCUT2D eigenvalue weighted by Gasteiger charge is -2.44. The lowest BCUT2D eigenvalue weighted by molar-refractivity contribution is -0.386. The maximum atomic E-state index is 16.4. The van der Waals surface area contributed by atoms with Crippen molar-refractivity contribution in [1.29, 1.82) is 0 Å². The van der Waals surface area contributed by atoms with Crippen LogP contribution in [0.5, 0.6) is 46.0 Å². The average Bonchev–Trinajstić information content (AvgIpc) is 0.760. The van der Waals surface area contributed by atoms with Gasteiger partial charge in [0.05, 0.1) is 46.7 Å². The summed E-state index contributed by atoms with van der Waals surface area (Å²) in [7, 11) is 5.07. The van der Waals surface area contributed by atoms with Crippen LogP contribution in [0.4, 0.5) is 11.4 Å². The number of nitrogens with two attached hydrogens (primary N) is 1. The van der Waals surface area contributed by atoms with Gasteiger partial charge in [-0.1, -0.05) is 116 Å². The number of primary amides is 1. The van der Waals surface area contributed by atoms with Crippen molar-refractivity contribution in [1.82, 2.24) is 47.4 Å². The Bertz CT molecular complexity index is 5580. The molecule has 133 heavy (non-hydrogen) atoms. The number of ether oxygens (including phenoxy) is 6. The lowest BCUT2D eigenvalue weighted by atomic mass is 9.88. The van der Waals surface area contributed by atoms with Gasteiger partial charge < -0.3 is 133 Å². The molecule has 9 amide bonds. The third-order valence-electron chi connectivity index (χ3n) is 22.6. The molecule has 7 aromatic rings. The summed E-state index contributed by atoms with van der Waals surface area (Å²) in [6.07, 6.45) is -18.2. The average molecular weight is 2110 g/mol. The minimum absolute atomic E-state index is 0.00672. The number of nitrogens with zero attached hydrogens (tertiary/aromatic N) is 3. The summed E-state index contributed by atoms with van der Waals surface area (Å²) in [5, 5.41) is 144. The van der Waals surface area contributed by atoms with Gasteiger partial charge in [-0.05, 0) is 207 Å². The second kappa shape index (κ2) is 45.2. The number of carbonyl (C=O) groups excluding carboxylic acids is 9. The number of rotatable bonds is 31. The number of aliphatic hydroxyl groups excluding tert-OH is 7. The van der Waals surface area contributed by atoms with E-state index in [2.05, 4.69) is 52.8 Å². The molecule has 7 aromatic carbocycles. The molecule has 13 rings (SSSR count). The van der Waals surface area contributed by atoms with E-state index in [4.69, 9.17) is 57.4 Å². The van der Waals surface area contributed by atoms with Gasteiger partial charge >= 0.3 is 5.69 Å². The van der Waals surface area contributed by atoms with Crippen LogP contribution in [0.25, 0.3) is 11.1 Å². The van der Waals surface area contributed by atoms with Crippen molar-refractivity contribution in [3.05, 3.63) is 183 Å². The van der Waals surface area contributed by atoms with Crippen LogP contribution in [0.3, 0.4) is 0 Å². The first kappa shape index (κ1) is 103. The number of phenolic OH excluding ortho intramolecular Hbond substituents is 2. The zero-order valence-electron chi connectivity index (χ0n) is 73.5. The zero-order chi connectivity index (χ0) is 97.0. The van der Waals surface area contributed by atoms with E-state index >= 15 is 24.0 Å². The monoisotopic (exact) mass is 2110 g/mol. The minimum atomic E-state index is -2.39. The van der Waals surface area contributed by atoms with E-state index in [1.807, 2.05) is 70.9 Å². The Morgan fingerprint density at radius 2 is 1.46 bits per heavy atom. The molecular formula is C90H105Cl2I2N13O26. The number of nitrogens with one attached hydrogen (secondary N) is 9. The molecule has 17 atom stereocenters. The Kier molecular flexibility index (Phi) is 34.9. The highest BCUT2D eigenvalue weighted by Crippen LogP contribution is 2.50. The number of alkyl halides is 1. The number of unbranched alkanes of at least 4 members (excludes halogenated alkanes) is 1. The molecule has 714 valence electrons. The number of fused-ring (bicyclic) bond motifs is 15. The van der Waals surface area contributed by atoms with Crippen molar-refractivity contribution >= 4 is 139 Å². The molecule has 20 N–H and O–H groups in total. The lowest BCUT2D eigenvalue weighted by Crippen LogP contribution is -2.62. The quantitative estimate of drug-likeness (QED) is 0.00562. The highest BCUT2D eigenvalue weighted by molar-refractivity contribution is 14.1. The van der Waals surface area contributed by atoms with Crippen molar-refractivity contribution < 1.29 is 122 Å². The molecule has 0 saturated carbocycles. The van der Waals surface area contributed by atoms with E-state index in [1.165, 1.54) is 62.5 Å². The van der Waals surface area contributed by atoms with Gasteiger partial charge in [-0.25, -0.2) is 4.99 Å². The van der Waals surface area contributed by atoms with Crippen LogP contribution in [-0.4, -0.2) is 233 Å². The van der Waals surface area contributed by atoms with Gasteiger partial charge in [-0.15, -0.1) is 0 Å². The molecule has 6 unspecified atom stereocenters. The fourth-order valence-electron chi connectivity index (χ4n) is 15.6. The topological polar surface area (TPSA) is 584 Å². The van der Waals surface area contributed by atoms with Crippen LogP contribution >= 0.6 is 68.4 Å². The Labute approximate surface area is 800 Å². The largest absolute Gasteiger partial charge is 0.508 e. The third kappa shape index (κ3) is 24.8. The molecule has 0 radical (unpaired) electrons. The molecule has 0 spiro atoms. The SMILES string of the molecule is CCCCOc1c(C)ccc(C(=O)Nc2cccc(CN[C@@](C)(C[C@H](O)O[C@H]3C(Oc4c5cc6cc4Oc4ccc(cc4Cl)[C@@H](O)[C@@H](NC(=O)C(CC(C)C)NC)C(=O)N[C@@H](CC(N)=O)C(=O)N[C@H]6C(=O)N[C@H]4C(=O)N=C(C(=O)N[C@@H](C(=O)NCCCN(C)C)c6cc(O)cc(O)c6-c6cc4ccc6I)C(O)c4ccc(c(Cl)c4)O5)OC(CO)[C@H](O)C3O)[C@@H](O)C(C)I)c2)c1[N+](=O)[O-]. The number of aryl methyl sites for hydroxylation is 1. The Morgan fingerprint density at radius 3 is 2.09 bits per heavy atom. The van der Waals surface area contributed by atoms with E-state index in [0.717, 1.165) is 55.0 Å². The molecule has 39 nitrogen and oxygen atoms in total. The molecule has 0 aromatic heterocycles. The summed E-state index contributed by atoms with van der Waals surface area (Å²) in [5.74, 6) is -15.3. The molecule has 6 heterocycles. The van der Waals surface area contributed by atoms with Gasteiger partial charge in [0.1, 0.15) is 95.0 Å². The van der Waals surface area contributed by atoms with Crippen molar-refractivity contribution in [2.24, 2.45) is 16.6 Å². The molecule has 1 saturated heterocycles. The van der Waals surface area contributed by atoms with Gasteiger partial charge in [0.15, 0.2) is 23.9 Å². The number of carbonyl (C=O) groups is 9. The Morgan fingerprint density at radius 1 is 0.789 bits per heavy atom. The van der Waals surface area contributed by atoms with Crippen LogP contribution in [0.15, 0.2) is 120 Å². The second-order valence-electron chi connectivity index (χ2n) is 33.4. The van der Waals surface area contributed by atoms with Crippen LogP contribution in [0.1, 0.15) is 153 Å². The van der Waals surface area contributed by atoms with Crippen LogP contribution in [0.2, 0.25) is 10.0 Å². The Hall–Kier alpha value is -10.6.